The number of ether oxygens (including phenoxy) is 1. The molecule has 3 atom stereocenters. The molecule has 0 bridgehead atoms. The van der Waals surface area contributed by atoms with E-state index in [0.29, 0.717) is 5.92 Å². The van der Waals surface area contributed by atoms with E-state index < -0.39 is 10.8 Å². The van der Waals surface area contributed by atoms with Crippen molar-refractivity contribution in [2.75, 3.05) is 20.3 Å². The molecular weight excluding hydrogens is 282 g/mol. The molecule has 0 amide bonds. The maximum atomic E-state index is 13.1. The first-order valence-corrected chi connectivity index (χ1v) is 9.12. The van der Waals surface area contributed by atoms with Crippen LogP contribution < -0.4 is 5.32 Å². The van der Waals surface area contributed by atoms with E-state index in [2.05, 4.69) is 43.4 Å². The van der Waals surface area contributed by atoms with Gasteiger partial charge in [0, 0.05) is 35.3 Å². The van der Waals surface area contributed by atoms with Gasteiger partial charge < -0.3 is 10.1 Å². The minimum absolute atomic E-state index is 0.125. The standard InChI is InChI=1S/C17H27NO2S/c1-13(2)17(21(19)15-9-11-20-12-10-15)16(18-3)14-7-5-4-6-8-14/h4-8,13,15-18H,9-12H2,1-3H3. The molecule has 1 aromatic rings. The van der Waals surface area contributed by atoms with Crippen LogP contribution in [0.15, 0.2) is 30.3 Å². The molecule has 1 aliphatic rings. The van der Waals surface area contributed by atoms with E-state index in [-0.39, 0.29) is 16.5 Å². The molecule has 0 saturated carbocycles. The van der Waals surface area contributed by atoms with Crippen molar-refractivity contribution in [3.05, 3.63) is 35.9 Å². The molecule has 0 aliphatic carbocycles. The molecule has 1 saturated heterocycles. The second-order valence-corrected chi connectivity index (χ2v) is 7.89. The quantitative estimate of drug-likeness (QED) is 0.878. The Morgan fingerprint density at radius 1 is 1.19 bits per heavy atom. The van der Waals surface area contributed by atoms with Crippen molar-refractivity contribution in [2.24, 2.45) is 5.92 Å². The summed E-state index contributed by atoms with van der Waals surface area (Å²) in [5, 5.41) is 3.79. The summed E-state index contributed by atoms with van der Waals surface area (Å²) < 4.78 is 18.5. The molecule has 1 N–H and O–H groups in total. The Labute approximate surface area is 130 Å². The molecule has 0 spiro atoms. The summed E-state index contributed by atoms with van der Waals surface area (Å²) in [4.78, 5) is 0. The Hall–Kier alpha value is -0.710. The number of hydrogen-bond acceptors (Lipinski definition) is 3. The van der Waals surface area contributed by atoms with Crippen LogP contribution in [0.2, 0.25) is 0 Å². The van der Waals surface area contributed by atoms with E-state index in [9.17, 15) is 4.21 Å². The predicted molar refractivity (Wildman–Crippen MR) is 88.9 cm³/mol. The Morgan fingerprint density at radius 2 is 1.81 bits per heavy atom. The second-order valence-electron chi connectivity index (χ2n) is 6.03. The normalized spacial score (nSPS) is 21.1. The molecular formula is C17H27NO2S. The van der Waals surface area contributed by atoms with Crippen molar-refractivity contribution in [1.82, 2.24) is 5.32 Å². The van der Waals surface area contributed by atoms with Crippen molar-refractivity contribution < 1.29 is 8.95 Å². The fraction of sp³-hybridized carbons (Fsp3) is 0.647. The van der Waals surface area contributed by atoms with Gasteiger partial charge in [0.05, 0.1) is 5.25 Å². The molecule has 0 aromatic heterocycles. The van der Waals surface area contributed by atoms with E-state index >= 15 is 0 Å². The van der Waals surface area contributed by atoms with Gasteiger partial charge >= 0.3 is 0 Å². The van der Waals surface area contributed by atoms with E-state index in [1.54, 1.807) is 0 Å². The van der Waals surface area contributed by atoms with Crippen LogP contribution in [0.5, 0.6) is 0 Å². The number of hydrogen-bond donors (Lipinski definition) is 1. The van der Waals surface area contributed by atoms with E-state index in [1.807, 2.05) is 13.1 Å². The maximum absolute atomic E-state index is 13.1. The zero-order valence-corrected chi connectivity index (χ0v) is 14.1. The smallest absolute Gasteiger partial charge is 0.0568 e. The minimum atomic E-state index is -0.847. The molecule has 3 unspecified atom stereocenters. The molecule has 3 nitrogen and oxygen atoms in total. The average molecular weight is 309 g/mol. The van der Waals surface area contributed by atoms with Crippen molar-refractivity contribution >= 4 is 10.8 Å². The lowest BCUT2D eigenvalue weighted by molar-refractivity contribution is 0.0989. The topological polar surface area (TPSA) is 38.3 Å². The van der Waals surface area contributed by atoms with Crippen molar-refractivity contribution in [3.8, 4) is 0 Å². The molecule has 0 radical (unpaired) electrons. The third-order valence-corrected chi connectivity index (χ3v) is 6.70. The van der Waals surface area contributed by atoms with Crippen LogP contribution in [0.4, 0.5) is 0 Å². The molecule has 2 rings (SSSR count). The summed E-state index contributed by atoms with van der Waals surface area (Å²) in [5.74, 6) is 0.367. The van der Waals surface area contributed by atoms with E-state index in [0.717, 1.165) is 26.1 Å². The van der Waals surface area contributed by atoms with E-state index in [1.165, 1.54) is 5.56 Å². The van der Waals surface area contributed by atoms with Gasteiger partial charge in [0.2, 0.25) is 0 Å². The van der Waals surface area contributed by atoms with Gasteiger partial charge in [-0.15, -0.1) is 0 Å². The third-order valence-electron chi connectivity index (χ3n) is 4.22. The van der Waals surface area contributed by atoms with Crippen LogP contribution in [0.1, 0.15) is 38.3 Å². The van der Waals surface area contributed by atoms with Crippen LogP contribution in [0.3, 0.4) is 0 Å². The fourth-order valence-corrected chi connectivity index (χ4v) is 5.30. The van der Waals surface area contributed by atoms with Gasteiger partial charge in [-0.25, -0.2) is 0 Å². The fourth-order valence-electron chi connectivity index (χ4n) is 3.10. The Kier molecular flexibility index (Phi) is 6.40. The molecule has 118 valence electrons. The van der Waals surface area contributed by atoms with Crippen molar-refractivity contribution in [2.45, 2.75) is 43.2 Å². The Bertz CT molecular complexity index is 443. The van der Waals surface area contributed by atoms with Gasteiger partial charge in [-0.1, -0.05) is 44.2 Å². The van der Waals surface area contributed by atoms with Crippen LogP contribution in [0.25, 0.3) is 0 Å². The summed E-state index contributed by atoms with van der Waals surface area (Å²) in [6.07, 6.45) is 1.84. The van der Waals surface area contributed by atoms with Crippen LogP contribution >= 0.6 is 0 Å². The highest BCUT2D eigenvalue weighted by Crippen LogP contribution is 2.30. The van der Waals surface area contributed by atoms with E-state index in [4.69, 9.17) is 4.74 Å². The zero-order valence-electron chi connectivity index (χ0n) is 13.2. The van der Waals surface area contributed by atoms with Crippen molar-refractivity contribution in [3.63, 3.8) is 0 Å². The summed E-state index contributed by atoms with van der Waals surface area (Å²) in [7, 11) is 1.12. The highest BCUT2D eigenvalue weighted by Gasteiger charge is 2.34. The number of benzene rings is 1. The van der Waals surface area contributed by atoms with Gasteiger partial charge in [0.15, 0.2) is 0 Å². The van der Waals surface area contributed by atoms with Gasteiger partial charge in [-0.05, 0) is 31.4 Å². The lowest BCUT2D eigenvalue weighted by Gasteiger charge is -2.34. The lowest BCUT2D eigenvalue weighted by atomic mass is 9.96. The summed E-state index contributed by atoms with van der Waals surface area (Å²) in [5.41, 5.74) is 1.22. The average Bonchev–Trinajstić information content (AvgIpc) is 2.53. The summed E-state index contributed by atoms with van der Waals surface area (Å²) in [6.45, 7) is 5.85. The largest absolute Gasteiger partial charge is 0.381 e. The van der Waals surface area contributed by atoms with Crippen LogP contribution in [-0.4, -0.2) is 35.0 Å². The second kappa shape index (κ2) is 8.06. The molecule has 1 aliphatic heterocycles. The summed E-state index contributed by atoms with van der Waals surface area (Å²) >= 11 is 0. The van der Waals surface area contributed by atoms with Crippen LogP contribution in [-0.2, 0) is 15.5 Å². The third kappa shape index (κ3) is 4.15. The molecule has 4 heteroatoms. The van der Waals surface area contributed by atoms with Gasteiger partial charge in [0.1, 0.15) is 0 Å². The van der Waals surface area contributed by atoms with Crippen molar-refractivity contribution in [1.29, 1.82) is 0 Å². The first-order valence-electron chi connectivity index (χ1n) is 7.84. The number of nitrogens with one attached hydrogen (secondary N) is 1. The molecule has 21 heavy (non-hydrogen) atoms. The minimum Gasteiger partial charge on any atom is -0.381 e. The SMILES string of the molecule is CNC(c1ccccc1)C(C(C)C)S(=O)C1CCOCC1. The van der Waals surface area contributed by atoms with Crippen LogP contribution in [0, 0.1) is 5.92 Å². The maximum Gasteiger partial charge on any atom is 0.0568 e. The van der Waals surface area contributed by atoms with Gasteiger partial charge in [0.25, 0.3) is 0 Å². The Morgan fingerprint density at radius 3 is 2.33 bits per heavy atom. The summed E-state index contributed by atoms with van der Waals surface area (Å²) in [6, 6.07) is 10.5. The van der Waals surface area contributed by atoms with Gasteiger partial charge in [-0.3, -0.25) is 4.21 Å². The Balaban J connectivity index is 2.22. The molecule has 1 aromatic carbocycles. The zero-order chi connectivity index (χ0) is 15.2. The first kappa shape index (κ1) is 16.7. The molecule has 1 heterocycles. The lowest BCUT2D eigenvalue weighted by Crippen LogP contribution is -2.41. The first-order chi connectivity index (χ1) is 10.1. The predicted octanol–water partition coefficient (Wildman–Crippen LogP) is 2.90. The number of rotatable bonds is 6. The monoisotopic (exact) mass is 309 g/mol. The highest BCUT2D eigenvalue weighted by atomic mass is 32.2. The van der Waals surface area contributed by atoms with Gasteiger partial charge in [-0.2, -0.15) is 0 Å². The molecule has 1 fully saturated rings. The highest BCUT2D eigenvalue weighted by molar-refractivity contribution is 7.86.